The number of halogens is 1. The van der Waals surface area contributed by atoms with Gasteiger partial charge in [-0.15, -0.1) is 0 Å². The fraction of sp³-hybridized carbons (Fsp3) is 0.143. The molecule has 2 aromatic rings. The zero-order valence-corrected chi connectivity index (χ0v) is 11.3. The zero-order valence-electron chi connectivity index (χ0n) is 10.5. The summed E-state index contributed by atoms with van der Waals surface area (Å²) in [6.07, 6.45) is 1.55. The molecule has 5 heteroatoms. The third-order valence-corrected chi connectivity index (χ3v) is 2.89. The molecule has 98 valence electrons. The molecule has 0 aliphatic carbocycles. The van der Waals surface area contributed by atoms with Crippen molar-refractivity contribution in [2.75, 3.05) is 5.32 Å². The molecule has 0 saturated carbocycles. The molecule has 1 aromatic heterocycles. The maximum atomic E-state index is 13.4. The van der Waals surface area contributed by atoms with Gasteiger partial charge in [0.2, 0.25) is 0 Å². The van der Waals surface area contributed by atoms with Crippen molar-refractivity contribution in [1.82, 2.24) is 10.3 Å². The van der Waals surface area contributed by atoms with E-state index < -0.39 is 0 Å². The van der Waals surface area contributed by atoms with E-state index in [1.54, 1.807) is 12.3 Å². The van der Waals surface area contributed by atoms with Crippen LogP contribution in [-0.4, -0.2) is 10.1 Å². The molecular formula is C14H14FN3S. The summed E-state index contributed by atoms with van der Waals surface area (Å²) >= 11 is 5.17. The molecule has 0 bridgehead atoms. The van der Waals surface area contributed by atoms with Gasteiger partial charge in [0.05, 0.1) is 12.2 Å². The minimum Gasteiger partial charge on any atom is -0.357 e. The summed E-state index contributed by atoms with van der Waals surface area (Å²) in [5.74, 6) is -0.339. The highest BCUT2D eigenvalue weighted by molar-refractivity contribution is 7.80. The maximum absolute atomic E-state index is 13.4. The first-order valence-corrected chi connectivity index (χ1v) is 6.27. The van der Waals surface area contributed by atoms with E-state index in [1.807, 2.05) is 31.2 Å². The summed E-state index contributed by atoms with van der Waals surface area (Å²) in [5, 5.41) is 6.45. The molecule has 0 radical (unpaired) electrons. The third kappa shape index (κ3) is 3.72. The molecule has 0 amide bonds. The van der Waals surface area contributed by atoms with Gasteiger partial charge in [-0.1, -0.05) is 18.2 Å². The van der Waals surface area contributed by atoms with Gasteiger partial charge in [0.15, 0.2) is 5.11 Å². The Hall–Kier alpha value is -2.01. The van der Waals surface area contributed by atoms with Gasteiger partial charge >= 0.3 is 0 Å². The number of hydrogen-bond donors (Lipinski definition) is 2. The molecular weight excluding hydrogens is 261 g/mol. The van der Waals surface area contributed by atoms with Crippen LogP contribution in [0, 0.1) is 12.7 Å². The third-order valence-electron chi connectivity index (χ3n) is 2.64. The van der Waals surface area contributed by atoms with Crippen LogP contribution in [0.4, 0.5) is 10.1 Å². The Morgan fingerprint density at radius 3 is 2.79 bits per heavy atom. The Balaban J connectivity index is 1.92. The molecule has 3 nitrogen and oxygen atoms in total. The summed E-state index contributed by atoms with van der Waals surface area (Å²) in [6.45, 7) is 2.24. The van der Waals surface area contributed by atoms with E-state index >= 15 is 0 Å². The number of thiocarbonyl (C=S) groups is 1. The average Bonchev–Trinajstić information content (AvgIpc) is 2.40. The highest BCUT2D eigenvalue weighted by atomic mass is 32.1. The number of benzene rings is 1. The molecule has 0 fully saturated rings. The van der Waals surface area contributed by atoms with Gasteiger partial charge in [0.1, 0.15) is 5.82 Å². The molecule has 19 heavy (non-hydrogen) atoms. The van der Waals surface area contributed by atoms with Gasteiger partial charge in [-0.05, 0) is 42.9 Å². The Kier molecular flexibility index (Phi) is 4.41. The monoisotopic (exact) mass is 275 g/mol. The van der Waals surface area contributed by atoms with Crippen molar-refractivity contribution in [3.63, 3.8) is 0 Å². The predicted octanol–water partition coefficient (Wildman–Crippen LogP) is 3.02. The van der Waals surface area contributed by atoms with Crippen molar-refractivity contribution in [3.8, 4) is 0 Å². The Morgan fingerprint density at radius 2 is 2.05 bits per heavy atom. The van der Waals surface area contributed by atoms with E-state index in [2.05, 4.69) is 15.6 Å². The maximum Gasteiger partial charge on any atom is 0.171 e. The Bertz CT molecular complexity index is 586. The molecule has 0 atom stereocenters. The second-order valence-electron chi connectivity index (χ2n) is 4.05. The van der Waals surface area contributed by atoms with Gasteiger partial charge in [0, 0.05) is 11.9 Å². The predicted molar refractivity (Wildman–Crippen MR) is 78.4 cm³/mol. The van der Waals surface area contributed by atoms with Gasteiger partial charge in [-0.2, -0.15) is 0 Å². The number of anilines is 1. The Labute approximate surface area is 116 Å². The average molecular weight is 275 g/mol. The fourth-order valence-electron chi connectivity index (χ4n) is 1.59. The van der Waals surface area contributed by atoms with Crippen LogP contribution in [0.15, 0.2) is 42.6 Å². The van der Waals surface area contributed by atoms with Crippen LogP contribution < -0.4 is 10.6 Å². The van der Waals surface area contributed by atoms with E-state index in [1.165, 1.54) is 6.07 Å². The standard InChI is InChI=1S/C14H14FN3S/c1-10-5-2-3-7-12(10)18-14(19)17-9-13-11(15)6-4-8-16-13/h2-8H,9H2,1H3,(H2,17,18,19). The topological polar surface area (TPSA) is 37.0 Å². The van der Waals surface area contributed by atoms with Crippen molar-refractivity contribution in [3.05, 3.63) is 59.7 Å². The normalized spacial score (nSPS) is 10.0. The van der Waals surface area contributed by atoms with E-state index in [4.69, 9.17) is 12.2 Å². The molecule has 0 saturated heterocycles. The van der Waals surface area contributed by atoms with Crippen LogP contribution in [0.1, 0.15) is 11.3 Å². The minimum absolute atomic E-state index is 0.254. The number of nitrogens with one attached hydrogen (secondary N) is 2. The quantitative estimate of drug-likeness (QED) is 0.844. The van der Waals surface area contributed by atoms with Crippen molar-refractivity contribution >= 4 is 23.0 Å². The highest BCUT2D eigenvalue weighted by Crippen LogP contribution is 2.12. The van der Waals surface area contributed by atoms with Gasteiger partial charge in [0.25, 0.3) is 0 Å². The van der Waals surface area contributed by atoms with Crippen molar-refractivity contribution in [1.29, 1.82) is 0 Å². The number of nitrogens with zero attached hydrogens (tertiary/aromatic N) is 1. The molecule has 0 unspecified atom stereocenters. The lowest BCUT2D eigenvalue weighted by molar-refractivity contribution is 0.594. The van der Waals surface area contributed by atoms with Crippen LogP contribution in [0.25, 0.3) is 0 Å². The molecule has 0 spiro atoms. The number of aryl methyl sites for hydroxylation is 1. The Morgan fingerprint density at radius 1 is 1.26 bits per heavy atom. The van der Waals surface area contributed by atoms with Gasteiger partial charge < -0.3 is 10.6 Å². The second kappa shape index (κ2) is 6.24. The summed E-state index contributed by atoms with van der Waals surface area (Å²) in [6, 6.07) is 10.7. The molecule has 1 aromatic carbocycles. The lowest BCUT2D eigenvalue weighted by atomic mass is 10.2. The summed E-state index contributed by atoms with van der Waals surface area (Å²) in [4.78, 5) is 3.95. The smallest absolute Gasteiger partial charge is 0.171 e. The minimum atomic E-state index is -0.339. The van der Waals surface area contributed by atoms with Crippen LogP contribution >= 0.6 is 12.2 Å². The number of hydrogen-bond acceptors (Lipinski definition) is 2. The summed E-state index contributed by atoms with van der Waals surface area (Å²) in [5.41, 5.74) is 2.37. The summed E-state index contributed by atoms with van der Waals surface area (Å²) in [7, 11) is 0. The molecule has 1 heterocycles. The van der Waals surface area contributed by atoms with E-state index in [0.29, 0.717) is 10.8 Å². The van der Waals surface area contributed by atoms with Crippen molar-refractivity contribution < 1.29 is 4.39 Å². The van der Waals surface area contributed by atoms with Gasteiger partial charge in [-0.25, -0.2) is 4.39 Å². The van der Waals surface area contributed by atoms with E-state index in [0.717, 1.165) is 11.3 Å². The number of pyridine rings is 1. The van der Waals surface area contributed by atoms with Crippen LogP contribution in [-0.2, 0) is 6.54 Å². The lowest BCUT2D eigenvalue weighted by Crippen LogP contribution is -2.28. The summed E-state index contributed by atoms with van der Waals surface area (Å²) < 4.78 is 13.4. The first-order valence-electron chi connectivity index (χ1n) is 5.86. The SMILES string of the molecule is Cc1ccccc1NC(=S)NCc1ncccc1F. The van der Waals surface area contributed by atoms with E-state index in [9.17, 15) is 4.39 Å². The van der Waals surface area contributed by atoms with Crippen LogP contribution in [0.2, 0.25) is 0 Å². The first-order chi connectivity index (χ1) is 9.16. The lowest BCUT2D eigenvalue weighted by Gasteiger charge is -2.12. The largest absolute Gasteiger partial charge is 0.357 e. The number of para-hydroxylation sites is 1. The molecule has 2 N–H and O–H groups in total. The van der Waals surface area contributed by atoms with Crippen molar-refractivity contribution in [2.45, 2.75) is 13.5 Å². The molecule has 0 aliphatic heterocycles. The molecule has 2 rings (SSSR count). The van der Waals surface area contributed by atoms with Gasteiger partial charge in [-0.3, -0.25) is 4.98 Å². The number of rotatable bonds is 3. The van der Waals surface area contributed by atoms with Crippen LogP contribution in [0.3, 0.4) is 0 Å². The van der Waals surface area contributed by atoms with Crippen molar-refractivity contribution in [2.24, 2.45) is 0 Å². The first kappa shape index (κ1) is 13.4. The molecule has 0 aliphatic rings. The second-order valence-corrected chi connectivity index (χ2v) is 4.46. The van der Waals surface area contributed by atoms with E-state index in [-0.39, 0.29) is 12.4 Å². The highest BCUT2D eigenvalue weighted by Gasteiger charge is 2.04. The van der Waals surface area contributed by atoms with Crippen LogP contribution in [0.5, 0.6) is 0 Å². The zero-order chi connectivity index (χ0) is 13.7. The fourth-order valence-corrected chi connectivity index (χ4v) is 1.77. The number of aromatic nitrogens is 1.